The van der Waals surface area contributed by atoms with Crippen LogP contribution in [0.3, 0.4) is 0 Å². The monoisotopic (exact) mass is 279 g/mol. The van der Waals surface area contributed by atoms with E-state index in [1.165, 1.54) is 24.2 Å². The lowest BCUT2D eigenvalue weighted by atomic mass is 9.84. The molecule has 5 heteroatoms. The fourth-order valence-corrected chi connectivity index (χ4v) is 3.82. The molecule has 112 valence electrons. The van der Waals surface area contributed by atoms with Crippen molar-refractivity contribution in [2.45, 2.75) is 69.4 Å². The highest BCUT2D eigenvalue weighted by Crippen LogP contribution is 2.32. The number of nitrogens with zero attached hydrogens (tertiary/aromatic N) is 1. The van der Waals surface area contributed by atoms with Crippen LogP contribution >= 0.6 is 0 Å². The molecule has 1 aliphatic carbocycles. The van der Waals surface area contributed by atoms with E-state index in [0.29, 0.717) is 6.54 Å². The quantitative estimate of drug-likeness (QED) is 0.757. The molecule has 2 heterocycles. The van der Waals surface area contributed by atoms with Gasteiger partial charge in [-0.25, -0.2) is 4.79 Å². The molecule has 1 saturated carbocycles. The van der Waals surface area contributed by atoms with E-state index in [2.05, 4.69) is 10.6 Å². The van der Waals surface area contributed by atoms with Crippen LogP contribution in [0.2, 0.25) is 0 Å². The number of rotatable bonds is 2. The first-order valence-electron chi connectivity index (χ1n) is 8.09. The van der Waals surface area contributed by atoms with E-state index in [0.717, 1.165) is 45.1 Å². The first-order chi connectivity index (χ1) is 9.71. The lowest BCUT2D eigenvalue weighted by Crippen LogP contribution is -2.48. The van der Waals surface area contributed by atoms with Crippen molar-refractivity contribution in [3.63, 3.8) is 0 Å². The zero-order valence-electron chi connectivity index (χ0n) is 12.1. The molecule has 20 heavy (non-hydrogen) atoms. The largest absolute Gasteiger partial charge is 0.325 e. The van der Waals surface area contributed by atoms with Crippen molar-refractivity contribution in [1.29, 1.82) is 0 Å². The van der Waals surface area contributed by atoms with Crippen LogP contribution in [0.5, 0.6) is 0 Å². The van der Waals surface area contributed by atoms with Gasteiger partial charge in [0.15, 0.2) is 0 Å². The molecule has 3 fully saturated rings. The molecule has 5 nitrogen and oxygen atoms in total. The number of hydrogen-bond acceptors (Lipinski definition) is 3. The molecule has 1 spiro atoms. The number of hydrogen-bond donors (Lipinski definition) is 2. The molecule has 0 aromatic carbocycles. The van der Waals surface area contributed by atoms with Crippen molar-refractivity contribution in [2.75, 3.05) is 13.1 Å². The van der Waals surface area contributed by atoms with Crippen LogP contribution < -0.4 is 10.6 Å². The fraction of sp³-hybridized carbons (Fsp3) is 0.867. The van der Waals surface area contributed by atoms with Gasteiger partial charge in [-0.05, 0) is 32.2 Å². The zero-order chi connectivity index (χ0) is 14.0. The molecular formula is C15H25N3O2. The van der Waals surface area contributed by atoms with Crippen molar-refractivity contribution in [3.8, 4) is 0 Å². The molecule has 2 aliphatic heterocycles. The predicted octanol–water partition coefficient (Wildman–Crippen LogP) is 1.77. The molecule has 0 radical (unpaired) electrons. The molecule has 0 aromatic rings. The Morgan fingerprint density at radius 3 is 2.40 bits per heavy atom. The molecule has 2 N–H and O–H groups in total. The number of imide groups is 1. The Morgan fingerprint density at radius 1 is 1.05 bits per heavy atom. The smallest absolute Gasteiger partial charge is 0.323 e. The summed E-state index contributed by atoms with van der Waals surface area (Å²) in [7, 11) is 0. The molecule has 0 aromatic heterocycles. The van der Waals surface area contributed by atoms with Gasteiger partial charge in [0.1, 0.15) is 5.54 Å². The molecular weight excluding hydrogens is 254 g/mol. The Bertz CT molecular complexity index is 383. The van der Waals surface area contributed by atoms with E-state index in [-0.39, 0.29) is 18.0 Å². The van der Waals surface area contributed by atoms with Gasteiger partial charge in [-0.1, -0.05) is 32.1 Å². The Hall–Kier alpha value is -1.10. The first kappa shape index (κ1) is 13.9. The predicted molar refractivity (Wildman–Crippen MR) is 76.3 cm³/mol. The second-order valence-electron chi connectivity index (χ2n) is 6.49. The second-order valence-corrected chi connectivity index (χ2v) is 6.49. The summed E-state index contributed by atoms with van der Waals surface area (Å²) in [4.78, 5) is 26.4. The normalized spacial score (nSPS) is 30.4. The van der Waals surface area contributed by atoms with Crippen LogP contribution in [0, 0.1) is 0 Å². The number of nitrogens with one attached hydrogen (secondary N) is 2. The molecule has 3 aliphatic rings. The maximum atomic E-state index is 12.8. The van der Waals surface area contributed by atoms with E-state index in [4.69, 9.17) is 0 Å². The van der Waals surface area contributed by atoms with Gasteiger partial charge in [-0.15, -0.1) is 0 Å². The van der Waals surface area contributed by atoms with Crippen molar-refractivity contribution in [3.05, 3.63) is 0 Å². The fourth-order valence-electron chi connectivity index (χ4n) is 3.82. The van der Waals surface area contributed by atoms with E-state index in [9.17, 15) is 9.59 Å². The summed E-state index contributed by atoms with van der Waals surface area (Å²) < 4.78 is 0. The highest BCUT2D eigenvalue weighted by Gasteiger charge is 2.50. The van der Waals surface area contributed by atoms with Gasteiger partial charge in [-0.2, -0.15) is 0 Å². The second kappa shape index (κ2) is 5.72. The van der Waals surface area contributed by atoms with E-state index in [1.54, 1.807) is 0 Å². The molecule has 3 rings (SSSR count). The third-order valence-electron chi connectivity index (χ3n) is 5.02. The highest BCUT2D eigenvalue weighted by atomic mass is 16.2. The number of amides is 3. The molecule has 3 amide bonds. The standard InChI is InChI=1S/C15H25N3O2/c19-13-15(8-4-2-1-3-5-9-15)17-14(20)18(13)11-12-7-6-10-16-12/h12,16H,1-11H2,(H,17,20)/t12-/m0/s1. The van der Waals surface area contributed by atoms with E-state index >= 15 is 0 Å². The molecule has 0 unspecified atom stereocenters. The number of carbonyl (C=O) groups is 2. The van der Waals surface area contributed by atoms with Crippen molar-refractivity contribution < 1.29 is 9.59 Å². The third kappa shape index (κ3) is 2.55. The van der Waals surface area contributed by atoms with E-state index in [1.807, 2.05) is 0 Å². The zero-order valence-corrected chi connectivity index (χ0v) is 12.1. The summed E-state index contributed by atoms with van der Waals surface area (Å²) in [5, 5.41) is 6.38. The summed E-state index contributed by atoms with van der Waals surface area (Å²) in [5.74, 6) is 0.0260. The maximum absolute atomic E-state index is 12.8. The van der Waals surface area contributed by atoms with Crippen molar-refractivity contribution >= 4 is 11.9 Å². The Morgan fingerprint density at radius 2 is 1.75 bits per heavy atom. The van der Waals surface area contributed by atoms with Crippen molar-refractivity contribution in [2.24, 2.45) is 0 Å². The van der Waals surface area contributed by atoms with E-state index < -0.39 is 5.54 Å². The Labute approximate surface area is 120 Å². The first-order valence-corrected chi connectivity index (χ1v) is 8.09. The van der Waals surface area contributed by atoms with Crippen LogP contribution in [-0.2, 0) is 4.79 Å². The minimum Gasteiger partial charge on any atom is -0.323 e. The van der Waals surface area contributed by atoms with Crippen LogP contribution in [0.25, 0.3) is 0 Å². The molecule has 0 bridgehead atoms. The Kier molecular flexibility index (Phi) is 3.96. The third-order valence-corrected chi connectivity index (χ3v) is 5.02. The average Bonchev–Trinajstić information content (AvgIpc) is 2.98. The topological polar surface area (TPSA) is 61.4 Å². The Balaban J connectivity index is 1.70. The van der Waals surface area contributed by atoms with Crippen LogP contribution in [0.15, 0.2) is 0 Å². The summed E-state index contributed by atoms with van der Waals surface area (Å²) >= 11 is 0. The van der Waals surface area contributed by atoms with Crippen molar-refractivity contribution in [1.82, 2.24) is 15.5 Å². The van der Waals surface area contributed by atoms with Gasteiger partial charge in [0.2, 0.25) is 0 Å². The summed E-state index contributed by atoms with van der Waals surface area (Å²) in [6, 6.07) is 0.109. The molecule has 2 saturated heterocycles. The summed E-state index contributed by atoms with van der Waals surface area (Å²) in [5.41, 5.74) is -0.587. The van der Waals surface area contributed by atoms with Crippen LogP contribution in [0.1, 0.15) is 57.8 Å². The summed E-state index contributed by atoms with van der Waals surface area (Å²) in [6.45, 7) is 1.53. The van der Waals surface area contributed by atoms with Crippen LogP contribution in [-0.4, -0.2) is 41.5 Å². The highest BCUT2D eigenvalue weighted by molar-refractivity contribution is 6.07. The van der Waals surface area contributed by atoms with Gasteiger partial charge >= 0.3 is 6.03 Å². The minimum absolute atomic E-state index is 0.0260. The van der Waals surface area contributed by atoms with Gasteiger partial charge in [0, 0.05) is 12.6 Å². The SMILES string of the molecule is O=C1NC2(CCCCCCC2)C(=O)N1C[C@@H]1CCCN1. The number of urea groups is 1. The summed E-state index contributed by atoms with van der Waals surface area (Å²) in [6.07, 6.45) is 9.52. The average molecular weight is 279 g/mol. The lowest BCUT2D eigenvalue weighted by Gasteiger charge is -2.29. The van der Waals surface area contributed by atoms with Gasteiger partial charge in [0.05, 0.1) is 0 Å². The number of carbonyl (C=O) groups excluding carboxylic acids is 2. The van der Waals surface area contributed by atoms with Crippen LogP contribution in [0.4, 0.5) is 4.79 Å². The minimum atomic E-state index is -0.587. The molecule has 1 atom stereocenters. The van der Waals surface area contributed by atoms with Gasteiger partial charge in [0.25, 0.3) is 5.91 Å². The maximum Gasteiger partial charge on any atom is 0.325 e. The van der Waals surface area contributed by atoms with Gasteiger partial charge in [-0.3, -0.25) is 9.69 Å². The van der Waals surface area contributed by atoms with Gasteiger partial charge < -0.3 is 10.6 Å². The lowest BCUT2D eigenvalue weighted by molar-refractivity contribution is -0.132.